The van der Waals surface area contributed by atoms with Crippen molar-refractivity contribution in [3.63, 3.8) is 0 Å². The SMILES string of the molecule is CC(C)[C@H]1CC[C@@H](C)C[C@H]1O[P@](=O)(c1ccc(N(C)C)cc1)[C@H](O)c1ccc(F)cc1. The highest BCUT2D eigenvalue weighted by atomic mass is 31.2. The maximum atomic E-state index is 14.4. The first kappa shape index (κ1) is 24.0. The average Bonchev–Trinajstić information content (AvgIpc) is 2.73. The maximum Gasteiger partial charge on any atom is 0.264 e. The van der Waals surface area contributed by atoms with Crippen molar-refractivity contribution in [2.75, 3.05) is 19.0 Å². The highest BCUT2D eigenvalue weighted by Gasteiger charge is 2.42. The molecule has 0 aliphatic heterocycles. The number of hydrogen-bond acceptors (Lipinski definition) is 4. The number of benzene rings is 2. The van der Waals surface area contributed by atoms with Gasteiger partial charge in [0.1, 0.15) is 5.82 Å². The summed E-state index contributed by atoms with van der Waals surface area (Å²) in [4.78, 5) is 1.96. The van der Waals surface area contributed by atoms with Crippen molar-refractivity contribution in [1.82, 2.24) is 0 Å². The third-order valence-corrected chi connectivity index (χ3v) is 9.01. The summed E-state index contributed by atoms with van der Waals surface area (Å²) in [6.45, 7) is 6.54. The van der Waals surface area contributed by atoms with Gasteiger partial charge in [0.15, 0.2) is 5.85 Å². The summed E-state index contributed by atoms with van der Waals surface area (Å²) in [6, 6.07) is 12.8. The molecule has 0 amide bonds. The van der Waals surface area contributed by atoms with E-state index in [2.05, 4.69) is 20.8 Å². The zero-order valence-electron chi connectivity index (χ0n) is 19.2. The standard InChI is InChI=1S/C25H35FNO3P/c1-17(2)23-15-6-18(3)16-24(23)30-31(29,22-13-11-21(12-14-22)27(4)5)25(28)19-7-9-20(26)10-8-19/h7-14,17-18,23-25,28H,6,15-16H2,1-5H3/t18-,23-,24-,25+,31-/m1/s1. The van der Waals surface area contributed by atoms with Crippen LogP contribution in [0, 0.1) is 23.6 Å². The number of halogens is 1. The van der Waals surface area contributed by atoms with Gasteiger partial charge in [0, 0.05) is 25.1 Å². The van der Waals surface area contributed by atoms with Crippen molar-refractivity contribution in [2.45, 2.75) is 52.0 Å². The lowest BCUT2D eigenvalue weighted by molar-refractivity contribution is 0.0427. The minimum absolute atomic E-state index is 0.196. The summed E-state index contributed by atoms with van der Waals surface area (Å²) in [5, 5.41) is 11.7. The topological polar surface area (TPSA) is 49.8 Å². The Bertz CT molecular complexity index is 898. The van der Waals surface area contributed by atoms with Gasteiger partial charge >= 0.3 is 0 Å². The minimum Gasteiger partial charge on any atom is -0.378 e. The van der Waals surface area contributed by atoms with E-state index in [0.717, 1.165) is 24.9 Å². The number of rotatable bonds is 7. The van der Waals surface area contributed by atoms with Crippen molar-refractivity contribution in [3.05, 3.63) is 59.9 Å². The van der Waals surface area contributed by atoms with E-state index in [1.807, 2.05) is 31.1 Å². The average molecular weight is 448 g/mol. The molecule has 170 valence electrons. The first-order chi connectivity index (χ1) is 14.6. The first-order valence-electron chi connectivity index (χ1n) is 11.1. The van der Waals surface area contributed by atoms with Crippen LogP contribution in [0.3, 0.4) is 0 Å². The van der Waals surface area contributed by atoms with E-state index in [1.165, 1.54) is 24.3 Å². The molecule has 0 bridgehead atoms. The predicted molar refractivity (Wildman–Crippen MR) is 126 cm³/mol. The van der Waals surface area contributed by atoms with Crippen LogP contribution in [0.1, 0.15) is 51.4 Å². The van der Waals surface area contributed by atoms with Crippen molar-refractivity contribution < 1.29 is 18.6 Å². The molecule has 0 spiro atoms. The van der Waals surface area contributed by atoms with Crippen molar-refractivity contribution in [3.8, 4) is 0 Å². The van der Waals surface area contributed by atoms with Gasteiger partial charge in [-0.15, -0.1) is 0 Å². The normalized spacial score (nSPS) is 24.6. The fraction of sp³-hybridized carbons (Fsp3) is 0.520. The zero-order chi connectivity index (χ0) is 22.8. The van der Waals surface area contributed by atoms with Crippen molar-refractivity contribution in [2.24, 2.45) is 17.8 Å². The number of nitrogens with zero attached hydrogens (tertiary/aromatic N) is 1. The minimum atomic E-state index is -3.71. The van der Waals surface area contributed by atoms with E-state index in [-0.39, 0.29) is 12.0 Å². The molecule has 5 atom stereocenters. The maximum absolute atomic E-state index is 14.4. The summed E-state index contributed by atoms with van der Waals surface area (Å²) in [5.74, 6) is -0.602. The summed E-state index contributed by atoms with van der Waals surface area (Å²) in [5.41, 5.74) is 1.37. The van der Waals surface area contributed by atoms with E-state index in [0.29, 0.717) is 22.7 Å². The van der Waals surface area contributed by atoms with Gasteiger partial charge in [-0.2, -0.15) is 0 Å². The van der Waals surface area contributed by atoms with Crippen LogP contribution in [0.25, 0.3) is 0 Å². The Morgan fingerprint density at radius 3 is 2.23 bits per heavy atom. The zero-order valence-corrected chi connectivity index (χ0v) is 20.1. The quantitative estimate of drug-likeness (QED) is 0.532. The van der Waals surface area contributed by atoms with Gasteiger partial charge in [0.2, 0.25) is 0 Å². The molecule has 1 saturated carbocycles. The lowest BCUT2D eigenvalue weighted by atomic mass is 9.75. The molecule has 3 rings (SSSR count). The van der Waals surface area contributed by atoms with Crippen LogP contribution in [0.2, 0.25) is 0 Å². The second kappa shape index (κ2) is 9.85. The highest BCUT2D eigenvalue weighted by molar-refractivity contribution is 7.67. The molecule has 0 heterocycles. The van der Waals surface area contributed by atoms with Gasteiger partial charge < -0.3 is 14.5 Å². The van der Waals surface area contributed by atoms with E-state index < -0.39 is 19.0 Å². The van der Waals surface area contributed by atoms with Gasteiger partial charge in [-0.1, -0.05) is 39.3 Å². The summed E-state index contributed by atoms with van der Waals surface area (Å²) in [6.07, 6.45) is 2.78. The molecule has 31 heavy (non-hydrogen) atoms. The second-order valence-electron chi connectivity index (χ2n) is 9.40. The molecule has 0 aromatic heterocycles. The van der Waals surface area contributed by atoms with E-state index in [9.17, 15) is 14.1 Å². The Kier molecular flexibility index (Phi) is 7.62. The van der Waals surface area contributed by atoms with Gasteiger partial charge in [0.05, 0.1) is 6.10 Å². The number of hydrogen-bond donors (Lipinski definition) is 1. The first-order valence-corrected chi connectivity index (χ1v) is 12.8. The summed E-state index contributed by atoms with van der Waals surface area (Å²) >= 11 is 0. The molecule has 2 aromatic rings. The summed E-state index contributed by atoms with van der Waals surface area (Å²) < 4.78 is 34.4. The molecular weight excluding hydrogens is 412 g/mol. The Labute approximate surface area is 185 Å². The van der Waals surface area contributed by atoms with E-state index in [4.69, 9.17) is 4.52 Å². The monoisotopic (exact) mass is 447 g/mol. The van der Waals surface area contributed by atoms with Gasteiger partial charge in [0.25, 0.3) is 7.37 Å². The van der Waals surface area contributed by atoms with Crippen LogP contribution in [0.5, 0.6) is 0 Å². The molecule has 1 fully saturated rings. The molecule has 4 nitrogen and oxygen atoms in total. The molecule has 2 aromatic carbocycles. The molecule has 1 N–H and O–H groups in total. The number of aliphatic hydroxyl groups is 1. The number of anilines is 1. The molecule has 0 saturated heterocycles. The Hall–Kier alpha value is -1.68. The third-order valence-electron chi connectivity index (χ3n) is 6.47. The Morgan fingerprint density at radius 2 is 1.68 bits per heavy atom. The molecule has 1 aliphatic carbocycles. The van der Waals surface area contributed by atoms with Crippen LogP contribution < -0.4 is 10.2 Å². The molecule has 0 unspecified atom stereocenters. The van der Waals surface area contributed by atoms with Crippen LogP contribution in [-0.4, -0.2) is 25.3 Å². The van der Waals surface area contributed by atoms with Crippen LogP contribution in [-0.2, 0) is 9.09 Å². The molecule has 0 radical (unpaired) electrons. The second-order valence-corrected chi connectivity index (χ2v) is 11.8. The summed E-state index contributed by atoms with van der Waals surface area (Å²) in [7, 11) is 0.172. The lowest BCUT2D eigenvalue weighted by Crippen LogP contribution is -2.35. The fourth-order valence-electron chi connectivity index (χ4n) is 4.49. The van der Waals surface area contributed by atoms with Crippen molar-refractivity contribution in [1.29, 1.82) is 0 Å². The van der Waals surface area contributed by atoms with Crippen molar-refractivity contribution >= 4 is 18.4 Å². The molecule has 6 heteroatoms. The highest BCUT2D eigenvalue weighted by Crippen LogP contribution is 2.60. The predicted octanol–water partition coefficient (Wildman–Crippen LogP) is 5.96. The van der Waals surface area contributed by atoms with Crippen LogP contribution >= 0.6 is 7.37 Å². The van der Waals surface area contributed by atoms with Gasteiger partial charge in [-0.25, -0.2) is 4.39 Å². The van der Waals surface area contributed by atoms with Gasteiger partial charge in [-0.3, -0.25) is 4.57 Å². The largest absolute Gasteiger partial charge is 0.378 e. The molecular formula is C25H35FNO3P. The Balaban J connectivity index is 2.02. The van der Waals surface area contributed by atoms with E-state index >= 15 is 0 Å². The molecule has 1 aliphatic rings. The smallest absolute Gasteiger partial charge is 0.264 e. The fourth-order valence-corrected chi connectivity index (χ4v) is 6.78. The third kappa shape index (κ3) is 5.39. The Morgan fingerprint density at radius 1 is 1.06 bits per heavy atom. The van der Waals surface area contributed by atoms with Crippen LogP contribution in [0.4, 0.5) is 10.1 Å². The lowest BCUT2D eigenvalue weighted by Gasteiger charge is -2.40. The number of aliphatic hydroxyl groups excluding tert-OH is 1. The van der Waals surface area contributed by atoms with Gasteiger partial charge in [-0.05, 0) is 72.6 Å². The van der Waals surface area contributed by atoms with E-state index in [1.54, 1.807) is 12.1 Å². The van der Waals surface area contributed by atoms with Crippen LogP contribution in [0.15, 0.2) is 48.5 Å².